The Labute approximate surface area is 112 Å². The molecule has 0 aliphatic carbocycles. The Balaban J connectivity index is 2.23. The van der Waals surface area contributed by atoms with Crippen LogP contribution >= 0.6 is 0 Å². The number of aryl methyl sites for hydroxylation is 1. The lowest BCUT2D eigenvalue weighted by molar-refractivity contribution is -0.302. The first-order valence-corrected chi connectivity index (χ1v) is 5.80. The van der Waals surface area contributed by atoms with Crippen molar-refractivity contribution >= 4 is 11.6 Å². The van der Waals surface area contributed by atoms with Gasteiger partial charge in [-0.25, -0.2) is 0 Å². The predicted octanol–water partition coefficient (Wildman–Crippen LogP) is 1.05. The Morgan fingerprint density at radius 2 is 2.15 bits per heavy atom. The fourth-order valence-corrected chi connectivity index (χ4v) is 1.96. The first-order chi connectivity index (χ1) is 9.13. The van der Waals surface area contributed by atoms with Gasteiger partial charge in [0.2, 0.25) is 0 Å². The molecule has 0 saturated carbocycles. The van der Waals surface area contributed by atoms with E-state index in [1.165, 1.54) is 17.8 Å². The normalized spacial score (nSPS) is 23.1. The monoisotopic (exact) mass is 290 g/mol. The molecule has 1 aromatic rings. The van der Waals surface area contributed by atoms with Crippen LogP contribution in [-0.2, 0) is 11.3 Å². The van der Waals surface area contributed by atoms with Gasteiger partial charge in [-0.2, -0.15) is 28.4 Å². The van der Waals surface area contributed by atoms with E-state index in [-0.39, 0.29) is 10.7 Å². The molecular weight excluding hydrogens is 277 g/mol. The first-order valence-electron chi connectivity index (χ1n) is 5.80. The number of aromatic nitrogens is 2. The number of amides is 1. The average Bonchev–Trinajstić information content (AvgIpc) is 2.82. The van der Waals surface area contributed by atoms with E-state index < -0.39 is 30.8 Å². The van der Waals surface area contributed by atoms with Crippen LogP contribution in [0.15, 0.2) is 17.4 Å². The lowest BCUT2D eigenvalue weighted by Crippen LogP contribution is -2.57. The van der Waals surface area contributed by atoms with Crippen LogP contribution < -0.4 is 0 Å². The number of rotatable bonds is 2. The van der Waals surface area contributed by atoms with Gasteiger partial charge < -0.3 is 5.11 Å². The predicted molar refractivity (Wildman–Crippen MR) is 62.5 cm³/mol. The van der Waals surface area contributed by atoms with Crippen molar-refractivity contribution in [2.75, 3.05) is 0 Å². The Morgan fingerprint density at radius 1 is 1.50 bits per heavy atom. The average molecular weight is 290 g/mol. The topological polar surface area (TPSA) is 70.7 Å². The summed E-state index contributed by atoms with van der Waals surface area (Å²) in [5, 5.41) is 17.3. The van der Waals surface area contributed by atoms with Gasteiger partial charge in [-0.05, 0) is 19.9 Å². The summed E-state index contributed by atoms with van der Waals surface area (Å²) in [6.07, 6.45) is -4.27. The largest absolute Gasteiger partial charge is 0.438 e. The molecule has 1 aliphatic heterocycles. The molecule has 1 N–H and O–H groups in total. The number of nitrogens with zero attached hydrogens (tertiary/aromatic N) is 4. The zero-order valence-corrected chi connectivity index (χ0v) is 10.8. The van der Waals surface area contributed by atoms with Gasteiger partial charge in [-0.15, -0.1) is 0 Å². The lowest BCUT2D eigenvalue weighted by atomic mass is 10.1. The van der Waals surface area contributed by atoms with E-state index in [9.17, 15) is 23.1 Å². The van der Waals surface area contributed by atoms with Gasteiger partial charge in [-0.1, -0.05) is 0 Å². The third-order valence-corrected chi connectivity index (χ3v) is 2.88. The van der Waals surface area contributed by atoms with E-state index in [4.69, 9.17) is 0 Å². The van der Waals surface area contributed by atoms with E-state index in [0.717, 1.165) is 0 Å². The highest BCUT2D eigenvalue weighted by atomic mass is 19.4. The van der Waals surface area contributed by atoms with Gasteiger partial charge in [0.05, 0.1) is 5.69 Å². The molecule has 2 rings (SSSR count). The van der Waals surface area contributed by atoms with Gasteiger partial charge in [0.1, 0.15) is 6.54 Å². The summed E-state index contributed by atoms with van der Waals surface area (Å²) in [4.78, 5) is 11.9. The van der Waals surface area contributed by atoms with Gasteiger partial charge >= 0.3 is 6.18 Å². The molecule has 0 aromatic carbocycles. The number of aliphatic hydroxyl groups is 1. The van der Waals surface area contributed by atoms with Crippen LogP contribution in [0.4, 0.5) is 13.2 Å². The molecule has 2 heterocycles. The number of halogens is 3. The number of carbonyl (C=O) groups is 1. The van der Waals surface area contributed by atoms with Gasteiger partial charge in [-0.3, -0.25) is 9.48 Å². The van der Waals surface area contributed by atoms with E-state index in [1.807, 2.05) is 0 Å². The molecule has 6 nitrogen and oxygen atoms in total. The van der Waals surface area contributed by atoms with Crippen molar-refractivity contribution in [2.45, 2.75) is 38.7 Å². The van der Waals surface area contributed by atoms with Crippen LogP contribution in [0.1, 0.15) is 19.0 Å². The zero-order chi connectivity index (χ0) is 15.1. The molecule has 0 fully saturated rings. The summed E-state index contributed by atoms with van der Waals surface area (Å²) in [5.41, 5.74) is -2.61. The fraction of sp³-hybridized carbons (Fsp3) is 0.545. The van der Waals surface area contributed by atoms with Crippen LogP contribution in [0.25, 0.3) is 0 Å². The lowest BCUT2D eigenvalue weighted by Gasteiger charge is -2.32. The van der Waals surface area contributed by atoms with Crippen molar-refractivity contribution in [1.29, 1.82) is 0 Å². The SMILES string of the molecule is CC1=NN(C(=O)Cn2ccc(C)n2)[C@](O)(C(F)(F)F)C1. The quantitative estimate of drug-likeness (QED) is 0.885. The van der Waals surface area contributed by atoms with Crippen LogP contribution in [0.3, 0.4) is 0 Å². The summed E-state index contributed by atoms with van der Waals surface area (Å²) in [5.74, 6) is -0.982. The number of hydrogen-bond donors (Lipinski definition) is 1. The highest BCUT2D eigenvalue weighted by molar-refractivity contribution is 5.89. The van der Waals surface area contributed by atoms with E-state index >= 15 is 0 Å². The van der Waals surface area contributed by atoms with Crippen LogP contribution in [0.5, 0.6) is 0 Å². The molecule has 0 bridgehead atoms. The third-order valence-electron chi connectivity index (χ3n) is 2.88. The third kappa shape index (κ3) is 2.40. The fourth-order valence-electron chi connectivity index (χ4n) is 1.96. The molecule has 1 aromatic heterocycles. The van der Waals surface area contributed by atoms with Crippen molar-refractivity contribution in [1.82, 2.24) is 14.8 Å². The highest BCUT2D eigenvalue weighted by Crippen LogP contribution is 2.40. The Bertz CT molecular complexity index is 566. The Hall–Kier alpha value is -1.90. The molecule has 20 heavy (non-hydrogen) atoms. The molecule has 110 valence electrons. The molecule has 0 radical (unpaired) electrons. The summed E-state index contributed by atoms with van der Waals surface area (Å²) in [7, 11) is 0. The highest BCUT2D eigenvalue weighted by Gasteiger charge is 2.62. The Kier molecular flexibility index (Phi) is 3.32. The maximum atomic E-state index is 12.9. The maximum absolute atomic E-state index is 12.9. The van der Waals surface area contributed by atoms with Gasteiger partial charge in [0, 0.05) is 18.3 Å². The zero-order valence-electron chi connectivity index (χ0n) is 10.8. The minimum atomic E-state index is -4.98. The van der Waals surface area contributed by atoms with E-state index in [0.29, 0.717) is 5.69 Å². The minimum absolute atomic E-state index is 0.0369. The van der Waals surface area contributed by atoms with Crippen LogP contribution in [-0.4, -0.2) is 43.4 Å². The van der Waals surface area contributed by atoms with Crippen molar-refractivity contribution < 1.29 is 23.1 Å². The number of alkyl halides is 3. The second-order valence-electron chi connectivity index (χ2n) is 4.69. The Morgan fingerprint density at radius 3 is 2.65 bits per heavy atom. The van der Waals surface area contributed by atoms with Crippen LogP contribution in [0, 0.1) is 6.92 Å². The molecule has 0 spiro atoms. The number of hydrogen-bond acceptors (Lipinski definition) is 4. The first kappa shape index (κ1) is 14.5. The smallest absolute Gasteiger partial charge is 0.362 e. The molecule has 1 aliphatic rings. The molecule has 1 amide bonds. The number of hydrazone groups is 1. The van der Waals surface area contributed by atoms with Gasteiger partial charge in [0.15, 0.2) is 0 Å². The minimum Gasteiger partial charge on any atom is -0.362 e. The molecular formula is C11H13F3N4O2. The van der Waals surface area contributed by atoms with Crippen molar-refractivity contribution in [3.63, 3.8) is 0 Å². The summed E-state index contributed by atoms with van der Waals surface area (Å²) in [6.45, 7) is 2.58. The second-order valence-corrected chi connectivity index (χ2v) is 4.69. The molecule has 0 saturated heterocycles. The molecule has 0 unspecified atom stereocenters. The second kappa shape index (κ2) is 4.58. The number of carbonyl (C=O) groups excluding carboxylic acids is 1. The van der Waals surface area contributed by atoms with E-state index in [1.54, 1.807) is 13.0 Å². The standard InChI is InChI=1S/C11H13F3N4O2/c1-7-3-4-17(15-7)6-9(19)18-10(20,11(12,13)14)5-8(2)16-18/h3-4,20H,5-6H2,1-2H3/t10-/m1/s1. The van der Waals surface area contributed by atoms with Crippen LogP contribution in [0.2, 0.25) is 0 Å². The summed E-state index contributed by atoms with van der Waals surface area (Å²) < 4.78 is 40.0. The maximum Gasteiger partial charge on any atom is 0.438 e. The molecule has 1 atom stereocenters. The van der Waals surface area contributed by atoms with Crippen molar-refractivity contribution in [3.8, 4) is 0 Å². The summed E-state index contributed by atoms with van der Waals surface area (Å²) >= 11 is 0. The van der Waals surface area contributed by atoms with E-state index in [2.05, 4.69) is 10.2 Å². The van der Waals surface area contributed by atoms with Crippen molar-refractivity contribution in [3.05, 3.63) is 18.0 Å². The molecule has 9 heteroatoms. The van der Waals surface area contributed by atoms with Crippen molar-refractivity contribution in [2.24, 2.45) is 5.10 Å². The summed E-state index contributed by atoms with van der Waals surface area (Å²) in [6, 6.07) is 1.61. The van der Waals surface area contributed by atoms with Gasteiger partial charge in [0.25, 0.3) is 11.6 Å².